The highest BCUT2D eigenvalue weighted by molar-refractivity contribution is 5.94. The summed E-state index contributed by atoms with van der Waals surface area (Å²) < 4.78 is 0. The molecule has 0 heterocycles. The number of rotatable bonds is 4. The average Bonchev–Trinajstić information content (AvgIpc) is 2.50. The van der Waals surface area contributed by atoms with Crippen LogP contribution in [0.2, 0.25) is 0 Å². The number of nitrogens with one attached hydrogen (secondary N) is 2. The molecule has 0 aliphatic carbocycles. The van der Waals surface area contributed by atoms with Gasteiger partial charge >= 0.3 is 0 Å². The van der Waals surface area contributed by atoms with Gasteiger partial charge in [-0.2, -0.15) is 0 Å². The molecule has 0 unspecified atom stereocenters. The summed E-state index contributed by atoms with van der Waals surface area (Å²) in [4.78, 5) is 12.0. The molecule has 2 aromatic carbocycles. The number of amides is 1. The van der Waals surface area contributed by atoms with Gasteiger partial charge < -0.3 is 10.6 Å². The van der Waals surface area contributed by atoms with E-state index in [0.717, 1.165) is 28.1 Å². The normalized spacial score (nSPS) is 9.76. The number of benzene rings is 2. The minimum Gasteiger partial charge on any atom is -0.376 e. The van der Waals surface area contributed by atoms with Gasteiger partial charge in [-0.3, -0.25) is 4.79 Å². The Labute approximate surface area is 125 Å². The zero-order valence-corrected chi connectivity index (χ0v) is 12.2. The predicted molar refractivity (Wildman–Crippen MR) is 87.4 cm³/mol. The van der Waals surface area contributed by atoms with Crippen LogP contribution in [0.5, 0.6) is 0 Å². The predicted octanol–water partition coefficient (Wildman–Crippen LogP) is 3.34. The van der Waals surface area contributed by atoms with E-state index in [9.17, 15) is 4.79 Å². The van der Waals surface area contributed by atoms with Crippen molar-refractivity contribution in [2.45, 2.75) is 13.8 Å². The van der Waals surface area contributed by atoms with Crippen LogP contribution >= 0.6 is 0 Å². The summed E-state index contributed by atoms with van der Waals surface area (Å²) in [5.74, 6) is 2.48. The van der Waals surface area contributed by atoms with Crippen LogP contribution in [0.3, 0.4) is 0 Å². The number of carbonyl (C=O) groups is 1. The third-order valence-electron chi connectivity index (χ3n) is 3.36. The van der Waals surface area contributed by atoms with E-state index in [1.807, 2.05) is 56.3 Å². The summed E-state index contributed by atoms with van der Waals surface area (Å²) in [6, 6.07) is 13.3. The zero-order chi connectivity index (χ0) is 15.2. The molecular formula is C18H18N2O. The fraction of sp³-hybridized carbons (Fsp3) is 0.167. The number of hydrogen-bond donors (Lipinski definition) is 2. The summed E-state index contributed by atoms with van der Waals surface area (Å²) in [7, 11) is 0. The summed E-state index contributed by atoms with van der Waals surface area (Å²) in [6.07, 6.45) is 5.35. The topological polar surface area (TPSA) is 41.1 Å². The van der Waals surface area contributed by atoms with Crippen LogP contribution < -0.4 is 10.6 Å². The van der Waals surface area contributed by atoms with Gasteiger partial charge in [0.15, 0.2) is 0 Å². The van der Waals surface area contributed by atoms with Crippen LogP contribution in [-0.2, 0) is 4.79 Å². The molecule has 1 amide bonds. The molecule has 0 aliphatic heterocycles. The van der Waals surface area contributed by atoms with Gasteiger partial charge in [0, 0.05) is 16.9 Å². The number of terminal acetylenes is 1. The molecule has 0 fully saturated rings. The monoisotopic (exact) mass is 278 g/mol. The molecular weight excluding hydrogens is 260 g/mol. The van der Waals surface area contributed by atoms with Gasteiger partial charge in [-0.05, 0) is 49.2 Å². The SMILES string of the molecule is C#Cc1cccc(NCC(=O)Nc2cccc(C)c2C)c1. The highest BCUT2D eigenvalue weighted by atomic mass is 16.1. The second-order valence-corrected chi connectivity index (χ2v) is 4.87. The Hall–Kier alpha value is -2.73. The highest BCUT2D eigenvalue weighted by Gasteiger charge is 2.05. The quantitative estimate of drug-likeness (QED) is 0.842. The summed E-state index contributed by atoms with van der Waals surface area (Å²) in [6.45, 7) is 4.21. The molecule has 0 aromatic heterocycles. The van der Waals surface area contributed by atoms with E-state index in [-0.39, 0.29) is 12.5 Å². The Balaban J connectivity index is 1.96. The molecule has 21 heavy (non-hydrogen) atoms. The second-order valence-electron chi connectivity index (χ2n) is 4.87. The van der Waals surface area contributed by atoms with Gasteiger partial charge in [0.1, 0.15) is 0 Å². The van der Waals surface area contributed by atoms with Crippen LogP contribution in [-0.4, -0.2) is 12.5 Å². The van der Waals surface area contributed by atoms with Crippen molar-refractivity contribution < 1.29 is 4.79 Å². The van der Waals surface area contributed by atoms with Crippen molar-refractivity contribution in [1.82, 2.24) is 0 Å². The van der Waals surface area contributed by atoms with Gasteiger partial charge in [0.25, 0.3) is 0 Å². The average molecular weight is 278 g/mol. The van der Waals surface area contributed by atoms with E-state index >= 15 is 0 Å². The Morgan fingerprint density at radius 3 is 2.71 bits per heavy atom. The van der Waals surface area contributed by atoms with Crippen molar-refractivity contribution in [3.05, 3.63) is 59.2 Å². The van der Waals surface area contributed by atoms with Crippen LogP contribution in [0.25, 0.3) is 0 Å². The Kier molecular flexibility index (Phi) is 4.63. The third kappa shape index (κ3) is 3.87. The number of anilines is 2. The number of aryl methyl sites for hydroxylation is 1. The Bertz CT molecular complexity index is 699. The lowest BCUT2D eigenvalue weighted by atomic mass is 10.1. The molecule has 0 bridgehead atoms. The molecule has 0 saturated carbocycles. The number of hydrogen-bond acceptors (Lipinski definition) is 2. The highest BCUT2D eigenvalue weighted by Crippen LogP contribution is 2.17. The number of carbonyl (C=O) groups excluding carboxylic acids is 1. The molecule has 0 atom stereocenters. The standard InChI is InChI=1S/C18H18N2O/c1-4-15-8-6-9-16(11-15)19-12-18(21)20-17-10-5-7-13(2)14(17)3/h1,5-11,19H,12H2,2-3H3,(H,20,21). The van der Waals surface area contributed by atoms with Crippen molar-refractivity contribution in [2.75, 3.05) is 17.2 Å². The first-order valence-corrected chi connectivity index (χ1v) is 6.77. The van der Waals surface area contributed by atoms with E-state index < -0.39 is 0 Å². The van der Waals surface area contributed by atoms with Gasteiger partial charge in [0.05, 0.1) is 6.54 Å². The van der Waals surface area contributed by atoms with Crippen molar-refractivity contribution in [3.63, 3.8) is 0 Å². The molecule has 3 nitrogen and oxygen atoms in total. The molecule has 0 radical (unpaired) electrons. The largest absolute Gasteiger partial charge is 0.376 e. The zero-order valence-electron chi connectivity index (χ0n) is 12.2. The van der Waals surface area contributed by atoms with Crippen molar-refractivity contribution in [1.29, 1.82) is 0 Å². The van der Waals surface area contributed by atoms with E-state index in [2.05, 4.69) is 16.6 Å². The second kappa shape index (κ2) is 6.62. The van der Waals surface area contributed by atoms with E-state index in [1.165, 1.54) is 0 Å². The molecule has 2 N–H and O–H groups in total. The maximum atomic E-state index is 12.0. The first-order valence-electron chi connectivity index (χ1n) is 6.77. The molecule has 0 aliphatic rings. The molecule has 2 rings (SSSR count). The van der Waals surface area contributed by atoms with Crippen LogP contribution in [0.1, 0.15) is 16.7 Å². The first kappa shape index (κ1) is 14.7. The molecule has 0 spiro atoms. The fourth-order valence-corrected chi connectivity index (χ4v) is 1.98. The molecule has 3 heteroatoms. The maximum Gasteiger partial charge on any atom is 0.243 e. The lowest BCUT2D eigenvalue weighted by Gasteiger charge is -2.11. The van der Waals surface area contributed by atoms with Gasteiger partial charge in [-0.1, -0.05) is 24.1 Å². The Morgan fingerprint density at radius 1 is 1.19 bits per heavy atom. The van der Waals surface area contributed by atoms with Crippen molar-refractivity contribution >= 4 is 17.3 Å². The van der Waals surface area contributed by atoms with Gasteiger partial charge in [-0.15, -0.1) is 6.42 Å². The lowest BCUT2D eigenvalue weighted by molar-refractivity contribution is -0.114. The van der Waals surface area contributed by atoms with Crippen molar-refractivity contribution in [2.24, 2.45) is 0 Å². The maximum absolute atomic E-state index is 12.0. The van der Waals surface area contributed by atoms with E-state index in [0.29, 0.717) is 0 Å². The van der Waals surface area contributed by atoms with Gasteiger partial charge in [-0.25, -0.2) is 0 Å². The molecule has 0 saturated heterocycles. The summed E-state index contributed by atoms with van der Waals surface area (Å²) in [5.41, 5.74) is 4.71. The lowest BCUT2D eigenvalue weighted by Crippen LogP contribution is -2.22. The van der Waals surface area contributed by atoms with Crippen molar-refractivity contribution in [3.8, 4) is 12.3 Å². The smallest absolute Gasteiger partial charge is 0.243 e. The van der Waals surface area contributed by atoms with E-state index in [4.69, 9.17) is 6.42 Å². The van der Waals surface area contributed by atoms with E-state index in [1.54, 1.807) is 0 Å². The minimum atomic E-state index is -0.0881. The summed E-state index contributed by atoms with van der Waals surface area (Å²) >= 11 is 0. The van der Waals surface area contributed by atoms with Gasteiger partial charge in [0.2, 0.25) is 5.91 Å². The molecule has 106 valence electrons. The van der Waals surface area contributed by atoms with Crippen LogP contribution in [0.4, 0.5) is 11.4 Å². The van der Waals surface area contributed by atoms with Crippen LogP contribution in [0, 0.1) is 26.2 Å². The fourth-order valence-electron chi connectivity index (χ4n) is 1.98. The first-order chi connectivity index (χ1) is 10.1. The summed E-state index contributed by atoms with van der Waals surface area (Å²) in [5, 5.41) is 5.97. The third-order valence-corrected chi connectivity index (χ3v) is 3.36. The molecule has 2 aromatic rings. The van der Waals surface area contributed by atoms with Crippen LogP contribution in [0.15, 0.2) is 42.5 Å². The minimum absolute atomic E-state index is 0.0881. The Morgan fingerprint density at radius 2 is 1.95 bits per heavy atom.